The molecule has 2 aromatic rings. The van der Waals surface area contributed by atoms with Gasteiger partial charge in [-0.1, -0.05) is 19.1 Å². The number of benzene rings is 1. The van der Waals surface area contributed by atoms with Crippen LogP contribution in [0.25, 0.3) is 0 Å². The third kappa shape index (κ3) is 4.74. The Morgan fingerprint density at radius 1 is 1.18 bits per heavy atom. The van der Waals surface area contributed by atoms with Gasteiger partial charge in [0.05, 0.1) is 23.9 Å². The van der Waals surface area contributed by atoms with E-state index < -0.39 is 10.0 Å². The van der Waals surface area contributed by atoms with Gasteiger partial charge in [0, 0.05) is 32.2 Å². The summed E-state index contributed by atoms with van der Waals surface area (Å²) in [4.78, 5) is 9.11. The van der Waals surface area contributed by atoms with Crippen molar-refractivity contribution in [2.24, 2.45) is 0 Å². The van der Waals surface area contributed by atoms with Gasteiger partial charge in [0.1, 0.15) is 5.82 Å². The van der Waals surface area contributed by atoms with Crippen molar-refractivity contribution in [2.75, 3.05) is 49.5 Å². The molecule has 1 N–H and O–H groups in total. The third-order valence-electron chi connectivity index (χ3n) is 4.86. The third-order valence-corrected chi connectivity index (χ3v) is 6.21. The Kier molecular flexibility index (Phi) is 6.41. The van der Waals surface area contributed by atoms with E-state index in [0.717, 1.165) is 50.4 Å². The van der Waals surface area contributed by atoms with Crippen LogP contribution in [0.1, 0.15) is 18.9 Å². The lowest BCUT2D eigenvalue weighted by Gasteiger charge is -2.36. The first-order chi connectivity index (χ1) is 13.4. The topological polar surface area (TPSA) is 74.8 Å². The molecule has 1 fully saturated rings. The number of piperazine rings is 1. The van der Waals surface area contributed by atoms with Gasteiger partial charge in [0.25, 0.3) is 10.0 Å². The van der Waals surface area contributed by atoms with Crippen LogP contribution >= 0.6 is 0 Å². The van der Waals surface area contributed by atoms with Crippen LogP contribution in [0.5, 0.6) is 5.75 Å². The minimum absolute atomic E-state index is 0.222. The van der Waals surface area contributed by atoms with Crippen molar-refractivity contribution in [2.45, 2.75) is 25.2 Å². The number of ether oxygens (including phenoxy) is 1. The highest BCUT2D eigenvalue weighted by molar-refractivity contribution is 7.92. The van der Waals surface area contributed by atoms with Crippen LogP contribution in [0, 0.1) is 6.92 Å². The Hall–Kier alpha value is -2.32. The molecule has 1 aromatic carbocycles. The first-order valence-corrected chi connectivity index (χ1v) is 11.0. The van der Waals surface area contributed by atoms with Gasteiger partial charge in [0.15, 0.2) is 5.75 Å². The van der Waals surface area contributed by atoms with Gasteiger partial charge in [0.2, 0.25) is 0 Å². The van der Waals surface area contributed by atoms with Crippen LogP contribution in [-0.4, -0.2) is 58.1 Å². The number of aryl methyl sites for hydroxylation is 1. The van der Waals surface area contributed by atoms with Crippen molar-refractivity contribution in [3.05, 3.63) is 42.1 Å². The maximum absolute atomic E-state index is 12.7. The quantitative estimate of drug-likeness (QED) is 0.765. The van der Waals surface area contributed by atoms with E-state index in [1.807, 2.05) is 13.0 Å². The standard InChI is InChI=1S/C20H28N4O3S/c1-4-8-23-9-11-24(12-10-23)18-14-20(21-15-19(18)27-3)22-28(25,26)17-7-5-6-16(2)13-17/h5-7,13-15H,4,8-12H2,1-3H3,(H,21,22). The Morgan fingerprint density at radius 2 is 1.93 bits per heavy atom. The minimum atomic E-state index is -3.70. The number of nitrogens with zero attached hydrogens (tertiary/aromatic N) is 3. The van der Waals surface area contributed by atoms with E-state index >= 15 is 0 Å². The highest BCUT2D eigenvalue weighted by Gasteiger charge is 2.21. The number of anilines is 2. The zero-order chi connectivity index (χ0) is 20.1. The molecule has 152 valence electrons. The van der Waals surface area contributed by atoms with Gasteiger partial charge < -0.3 is 9.64 Å². The number of pyridine rings is 1. The minimum Gasteiger partial charge on any atom is -0.493 e. The number of nitrogens with one attached hydrogen (secondary N) is 1. The van der Waals surface area contributed by atoms with Gasteiger partial charge in [-0.25, -0.2) is 13.4 Å². The lowest BCUT2D eigenvalue weighted by Crippen LogP contribution is -2.46. The van der Waals surface area contributed by atoms with E-state index in [-0.39, 0.29) is 10.7 Å². The Labute approximate surface area is 167 Å². The Bertz CT molecular complexity index is 909. The van der Waals surface area contributed by atoms with Gasteiger partial charge >= 0.3 is 0 Å². The van der Waals surface area contributed by atoms with Crippen molar-refractivity contribution in [3.63, 3.8) is 0 Å². The number of sulfonamides is 1. The summed E-state index contributed by atoms with van der Waals surface area (Å²) >= 11 is 0. The number of methoxy groups -OCH3 is 1. The second-order valence-corrected chi connectivity index (χ2v) is 8.67. The zero-order valence-electron chi connectivity index (χ0n) is 16.7. The summed E-state index contributed by atoms with van der Waals surface area (Å²) in [5.41, 5.74) is 1.74. The molecule has 28 heavy (non-hydrogen) atoms. The maximum Gasteiger partial charge on any atom is 0.263 e. The van der Waals surface area contributed by atoms with E-state index in [4.69, 9.17) is 4.74 Å². The van der Waals surface area contributed by atoms with Crippen molar-refractivity contribution < 1.29 is 13.2 Å². The van der Waals surface area contributed by atoms with Crippen molar-refractivity contribution in [1.29, 1.82) is 0 Å². The van der Waals surface area contributed by atoms with Gasteiger partial charge in [-0.2, -0.15) is 0 Å². The van der Waals surface area contributed by atoms with E-state index in [1.54, 1.807) is 37.6 Å². The summed E-state index contributed by atoms with van der Waals surface area (Å²) in [6, 6.07) is 8.56. The SMILES string of the molecule is CCCN1CCN(c2cc(NS(=O)(=O)c3cccc(C)c3)ncc2OC)CC1. The largest absolute Gasteiger partial charge is 0.493 e. The summed E-state index contributed by atoms with van der Waals surface area (Å²) in [5.74, 6) is 0.927. The predicted molar refractivity (Wildman–Crippen MR) is 112 cm³/mol. The number of aromatic nitrogens is 1. The molecule has 1 aromatic heterocycles. The van der Waals surface area contributed by atoms with Gasteiger partial charge in [-0.05, 0) is 37.6 Å². The molecular weight excluding hydrogens is 376 g/mol. The molecule has 1 saturated heterocycles. The van der Waals surface area contributed by atoms with Crippen LogP contribution < -0.4 is 14.4 Å². The zero-order valence-corrected chi connectivity index (χ0v) is 17.5. The van der Waals surface area contributed by atoms with Crippen molar-refractivity contribution >= 4 is 21.5 Å². The summed E-state index contributed by atoms with van der Waals surface area (Å²) < 4.78 is 33.5. The lowest BCUT2D eigenvalue weighted by molar-refractivity contribution is 0.257. The maximum atomic E-state index is 12.7. The van der Waals surface area contributed by atoms with E-state index in [2.05, 4.69) is 26.4 Å². The second-order valence-electron chi connectivity index (χ2n) is 6.99. The smallest absolute Gasteiger partial charge is 0.263 e. The number of rotatable bonds is 7. The average molecular weight is 405 g/mol. The Balaban J connectivity index is 1.81. The van der Waals surface area contributed by atoms with Crippen LogP contribution in [0.4, 0.5) is 11.5 Å². The van der Waals surface area contributed by atoms with Gasteiger partial charge in [-0.15, -0.1) is 0 Å². The highest BCUT2D eigenvalue weighted by Crippen LogP contribution is 2.31. The Morgan fingerprint density at radius 3 is 2.57 bits per heavy atom. The summed E-state index contributed by atoms with van der Waals surface area (Å²) in [7, 11) is -2.10. The molecule has 0 radical (unpaired) electrons. The number of hydrogen-bond donors (Lipinski definition) is 1. The van der Waals surface area contributed by atoms with Crippen LogP contribution in [0.3, 0.4) is 0 Å². The average Bonchev–Trinajstić information content (AvgIpc) is 2.68. The fourth-order valence-electron chi connectivity index (χ4n) is 3.40. The van der Waals surface area contributed by atoms with Crippen LogP contribution in [0.2, 0.25) is 0 Å². The molecule has 0 aliphatic carbocycles. The molecule has 0 bridgehead atoms. The summed E-state index contributed by atoms with van der Waals surface area (Å²) in [5, 5.41) is 0. The molecular formula is C20H28N4O3S. The normalized spacial score (nSPS) is 15.5. The highest BCUT2D eigenvalue weighted by atomic mass is 32.2. The van der Waals surface area contributed by atoms with Gasteiger partial charge in [-0.3, -0.25) is 9.62 Å². The molecule has 3 rings (SSSR count). The first-order valence-electron chi connectivity index (χ1n) is 9.54. The summed E-state index contributed by atoms with van der Waals surface area (Å²) in [6.07, 6.45) is 2.71. The lowest BCUT2D eigenvalue weighted by atomic mass is 10.2. The van der Waals surface area contributed by atoms with Crippen molar-refractivity contribution in [1.82, 2.24) is 9.88 Å². The van der Waals surface area contributed by atoms with Crippen molar-refractivity contribution in [3.8, 4) is 5.75 Å². The molecule has 2 heterocycles. The molecule has 7 nitrogen and oxygen atoms in total. The van der Waals surface area contributed by atoms with Crippen LogP contribution in [0.15, 0.2) is 41.4 Å². The predicted octanol–water partition coefficient (Wildman–Crippen LogP) is 2.73. The second kappa shape index (κ2) is 8.79. The van der Waals surface area contributed by atoms with E-state index in [9.17, 15) is 8.42 Å². The molecule has 0 unspecified atom stereocenters. The number of hydrogen-bond acceptors (Lipinski definition) is 6. The molecule has 1 aliphatic rings. The fraction of sp³-hybridized carbons (Fsp3) is 0.450. The molecule has 0 spiro atoms. The fourth-order valence-corrected chi connectivity index (χ4v) is 4.50. The van der Waals surface area contributed by atoms with Crippen LogP contribution in [-0.2, 0) is 10.0 Å². The molecule has 8 heteroatoms. The molecule has 0 atom stereocenters. The van der Waals surface area contributed by atoms with E-state index in [0.29, 0.717) is 5.75 Å². The molecule has 1 aliphatic heterocycles. The first kappa shape index (κ1) is 20.4. The summed E-state index contributed by atoms with van der Waals surface area (Å²) in [6.45, 7) is 8.83. The molecule has 0 saturated carbocycles. The van der Waals surface area contributed by atoms with E-state index in [1.165, 1.54) is 0 Å². The molecule has 0 amide bonds. The monoisotopic (exact) mass is 404 g/mol.